The summed E-state index contributed by atoms with van der Waals surface area (Å²) >= 11 is 0. The molecule has 1 aromatic rings. The van der Waals surface area contributed by atoms with E-state index in [4.69, 9.17) is 4.74 Å². The van der Waals surface area contributed by atoms with Crippen LogP contribution in [0.15, 0.2) is 24.3 Å². The lowest BCUT2D eigenvalue weighted by Crippen LogP contribution is -2.21. The molecule has 0 aliphatic rings. The maximum atomic E-state index is 5.71. The lowest BCUT2D eigenvalue weighted by atomic mass is 10.1. The van der Waals surface area contributed by atoms with Gasteiger partial charge in [0, 0.05) is 14.7 Å². The van der Waals surface area contributed by atoms with Crippen LogP contribution in [-0.4, -0.2) is 14.7 Å². The average molecular weight is 222 g/mol. The standard InChI is InChI=1S/C13H22OSi/c1-12-7-5-6-8-13(12)11-14-9-10-15(2,3)4/h5-8H,9-11H2,1-4H3. The van der Waals surface area contributed by atoms with Crippen molar-refractivity contribution in [3.05, 3.63) is 35.4 Å². The van der Waals surface area contributed by atoms with Crippen molar-refractivity contribution in [3.63, 3.8) is 0 Å². The van der Waals surface area contributed by atoms with E-state index < -0.39 is 8.07 Å². The summed E-state index contributed by atoms with van der Waals surface area (Å²) in [6.45, 7) is 10.9. The molecular weight excluding hydrogens is 200 g/mol. The lowest BCUT2D eigenvalue weighted by molar-refractivity contribution is 0.133. The van der Waals surface area contributed by atoms with E-state index in [0.29, 0.717) is 0 Å². The van der Waals surface area contributed by atoms with Gasteiger partial charge in [-0.25, -0.2) is 0 Å². The van der Waals surface area contributed by atoms with Crippen molar-refractivity contribution in [2.45, 2.75) is 39.2 Å². The molecule has 0 amide bonds. The molecule has 0 bridgehead atoms. The summed E-state index contributed by atoms with van der Waals surface area (Å²) < 4.78 is 5.71. The maximum Gasteiger partial charge on any atom is 0.0719 e. The number of benzene rings is 1. The Balaban J connectivity index is 2.30. The van der Waals surface area contributed by atoms with Gasteiger partial charge in [-0.1, -0.05) is 43.9 Å². The first-order valence-electron chi connectivity index (χ1n) is 5.61. The molecule has 2 heteroatoms. The Morgan fingerprint density at radius 2 is 1.80 bits per heavy atom. The van der Waals surface area contributed by atoms with Gasteiger partial charge < -0.3 is 4.74 Å². The second-order valence-corrected chi connectivity index (χ2v) is 10.9. The van der Waals surface area contributed by atoms with Crippen LogP contribution in [0.5, 0.6) is 0 Å². The highest BCUT2D eigenvalue weighted by molar-refractivity contribution is 6.76. The van der Waals surface area contributed by atoms with Crippen molar-refractivity contribution in [1.82, 2.24) is 0 Å². The molecular formula is C13H22OSi. The fourth-order valence-corrected chi connectivity index (χ4v) is 2.09. The van der Waals surface area contributed by atoms with Crippen molar-refractivity contribution in [2.24, 2.45) is 0 Å². The van der Waals surface area contributed by atoms with Gasteiger partial charge in [0.05, 0.1) is 6.61 Å². The predicted octanol–water partition coefficient (Wildman–Crippen LogP) is 3.85. The molecule has 0 spiro atoms. The summed E-state index contributed by atoms with van der Waals surface area (Å²) in [5.74, 6) is 0. The van der Waals surface area contributed by atoms with Gasteiger partial charge >= 0.3 is 0 Å². The van der Waals surface area contributed by atoms with Crippen LogP contribution in [0.4, 0.5) is 0 Å². The number of aryl methyl sites for hydroxylation is 1. The molecule has 84 valence electrons. The van der Waals surface area contributed by atoms with Crippen molar-refractivity contribution >= 4 is 8.07 Å². The molecule has 0 fully saturated rings. The smallest absolute Gasteiger partial charge is 0.0719 e. The molecule has 0 aliphatic heterocycles. The number of rotatable bonds is 5. The quantitative estimate of drug-likeness (QED) is 0.543. The largest absolute Gasteiger partial charge is 0.377 e. The molecule has 15 heavy (non-hydrogen) atoms. The third kappa shape index (κ3) is 5.14. The van der Waals surface area contributed by atoms with Gasteiger partial charge in [0.2, 0.25) is 0 Å². The lowest BCUT2D eigenvalue weighted by Gasteiger charge is -2.15. The zero-order valence-corrected chi connectivity index (χ0v) is 11.3. The van der Waals surface area contributed by atoms with Crippen LogP contribution in [0.3, 0.4) is 0 Å². The van der Waals surface area contributed by atoms with Gasteiger partial charge in [0.25, 0.3) is 0 Å². The third-order valence-electron chi connectivity index (χ3n) is 2.52. The third-order valence-corrected chi connectivity index (χ3v) is 4.22. The van der Waals surface area contributed by atoms with E-state index in [-0.39, 0.29) is 0 Å². The van der Waals surface area contributed by atoms with E-state index in [1.165, 1.54) is 17.2 Å². The van der Waals surface area contributed by atoms with Gasteiger partial charge in [0.1, 0.15) is 0 Å². The zero-order chi connectivity index (χ0) is 11.3. The van der Waals surface area contributed by atoms with E-state index in [9.17, 15) is 0 Å². The Hall–Kier alpha value is -0.603. The minimum absolute atomic E-state index is 0.761. The normalized spacial score (nSPS) is 11.7. The van der Waals surface area contributed by atoms with Gasteiger partial charge in [-0.3, -0.25) is 0 Å². The molecule has 1 nitrogen and oxygen atoms in total. The van der Waals surface area contributed by atoms with E-state index in [1.54, 1.807) is 0 Å². The monoisotopic (exact) mass is 222 g/mol. The highest BCUT2D eigenvalue weighted by Gasteiger charge is 2.11. The van der Waals surface area contributed by atoms with E-state index in [1.807, 2.05) is 0 Å². The molecule has 0 saturated carbocycles. The van der Waals surface area contributed by atoms with Gasteiger partial charge in [-0.05, 0) is 24.1 Å². The minimum Gasteiger partial charge on any atom is -0.377 e. The maximum absolute atomic E-state index is 5.71. The summed E-state index contributed by atoms with van der Waals surface area (Å²) in [6.07, 6.45) is 0. The Morgan fingerprint density at radius 3 is 2.40 bits per heavy atom. The first-order valence-corrected chi connectivity index (χ1v) is 9.32. The van der Waals surface area contributed by atoms with Gasteiger partial charge in [0.15, 0.2) is 0 Å². The predicted molar refractivity (Wildman–Crippen MR) is 69.0 cm³/mol. The molecule has 0 heterocycles. The molecule has 0 radical (unpaired) electrons. The van der Waals surface area contributed by atoms with Crippen molar-refractivity contribution in [1.29, 1.82) is 0 Å². The molecule has 1 aromatic carbocycles. The highest BCUT2D eigenvalue weighted by atomic mass is 28.3. The molecule has 0 saturated heterocycles. The van der Waals surface area contributed by atoms with E-state index >= 15 is 0 Å². The number of hydrogen-bond donors (Lipinski definition) is 0. The van der Waals surface area contributed by atoms with E-state index in [0.717, 1.165) is 13.2 Å². The number of ether oxygens (including phenoxy) is 1. The van der Waals surface area contributed by atoms with Crippen LogP contribution < -0.4 is 0 Å². The SMILES string of the molecule is Cc1ccccc1COCC[Si](C)(C)C. The fraction of sp³-hybridized carbons (Fsp3) is 0.538. The van der Waals surface area contributed by atoms with Crippen LogP contribution in [-0.2, 0) is 11.3 Å². The first-order chi connectivity index (χ1) is 6.99. The van der Waals surface area contributed by atoms with Crippen LogP contribution in [0.25, 0.3) is 0 Å². The second kappa shape index (κ2) is 5.47. The van der Waals surface area contributed by atoms with Crippen molar-refractivity contribution < 1.29 is 4.74 Å². The van der Waals surface area contributed by atoms with Crippen molar-refractivity contribution in [2.75, 3.05) is 6.61 Å². The minimum atomic E-state index is -0.934. The van der Waals surface area contributed by atoms with Crippen LogP contribution in [0, 0.1) is 6.92 Å². The highest BCUT2D eigenvalue weighted by Crippen LogP contribution is 2.11. The average Bonchev–Trinajstić information content (AvgIpc) is 2.13. The topological polar surface area (TPSA) is 9.23 Å². The second-order valence-electron chi connectivity index (χ2n) is 5.29. The number of hydrogen-bond acceptors (Lipinski definition) is 1. The van der Waals surface area contributed by atoms with Gasteiger partial charge in [-0.15, -0.1) is 0 Å². The Bertz CT molecular complexity index is 302. The Morgan fingerprint density at radius 1 is 1.13 bits per heavy atom. The molecule has 0 aromatic heterocycles. The van der Waals surface area contributed by atoms with Crippen LogP contribution in [0.1, 0.15) is 11.1 Å². The van der Waals surface area contributed by atoms with Crippen LogP contribution in [0.2, 0.25) is 25.7 Å². The summed E-state index contributed by atoms with van der Waals surface area (Å²) in [4.78, 5) is 0. The summed E-state index contributed by atoms with van der Waals surface area (Å²) in [5.41, 5.74) is 2.64. The molecule has 0 unspecified atom stereocenters. The van der Waals surface area contributed by atoms with Crippen molar-refractivity contribution in [3.8, 4) is 0 Å². The Kier molecular flexibility index (Phi) is 4.55. The molecule has 1 rings (SSSR count). The fourth-order valence-electron chi connectivity index (χ4n) is 1.33. The first kappa shape index (κ1) is 12.5. The van der Waals surface area contributed by atoms with Crippen LogP contribution >= 0.6 is 0 Å². The van der Waals surface area contributed by atoms with Gasteiger partial charge in [-0.2, -0.15) is 0 Å². The molecule has 0 N–H and O–H groups in total. The van der Waals surface area contributed by atoms with E-state index in [2.05, 4.69) is 50.8 Å². The zero-order valence-electron chi connectivity index (χ0n) is 10.3. The summed E-state index contributed by atoms with van der Waals surface area (Å²) in [5, 5.41) is 0. The summed E-state index contributed by atoms with van der Waals surface area (Å²) in [7, 11) is -0.934. The Labute approximate surface area is 94.5 Å². The molecule has 0 aliphatic carbocycles. The summed E-state index contributed by atoms with van der Waals surface area (Å²) in [6, 6.07) is 9.67. The molecule has 0 atom stereocenters.